The van der Waals surface area contributed by atoms with Crippen LogP contribution >= 0.6 is 0 Å². The van der Waals surface area contributed by atoms with Crippen molar-refractivity contribution in [3.63, 3.8) is 0 Å². The van der Waals surface area contributed by atoms with Crippen LogP contribution in [0.4, 0.5) is 5.69 Å². The molecule has 0 aliphatic carbocycles. The molecule has 0 bridgehead atoms. The number of hydrogen-bond donors (Lipinski definition) is 2. The van der Waals surface area contributed by atoms with Crippen LogP contribution in [0.25, 0.3) is 0 Å². The Kier molecular flexibility index (Phi) is 4.71. The monoisotopic (exact) mass is 251 g/mol. The van der Waals surface area contributed by atoms with E-state index in [0.29, 0.717) is 5.69 Å². The summed E-state index contributed by atoms with van der Waals surface area (Å²) in [6.45, 7) is 3.76. The molecule has 1 aromatic carbocycles. The molecule has 0 saturated carbocycles. The molecule has 0 aliphatic heterocycles. The molecule has 0 heterocycles. The van der Waals surface area contributed by atoms with E-state index in [4.69, 9.17) is 9.84 Å². The number of carboxylic acid groups (broad SMARTS) is 1. The van der Waals surface area contributed by atoms with Crippen LogP contribution in [0, 0.1) is 13.8 Å². The highest BCUT2D eigenvalue weighted by Crippen LogP contribution is 2.29. The Morgan fingerprint density at radius 1 is 1.28 bits per heavy atom. The van der Waals surface area contributed by atoms with Gasteiger partial charge < -0.3 is 15.2 Å². The van der Waals surface area contributed by atoms with E-state index in [1.807, 2.05) is 19.9 Å². The number of aryl methyl sites for hydroxylation is 1. The molecule has 1 rings (SSSR count). The van der Waals surface area contributed by atoms with Crippen LogP contribution in [-0.4, -0.2) is 24.1 Å². The number of carbonyl (C=O) groups is 2. The van der Waals surface area contributed by atoms with Gasteiger partial charge in [0, 0.05) is 17.7 Å². The van der Waals surface area contributed by atoms with Crippen molar-refractivity contribution in [1.82, 2.24) is 0 Å². The standard InChI is InChI=1S/C13H17NO4/c1-8-4-5-10(9(2)13(8)18-3)14-11(15)6-7-12(16)17/h4-5H,6-7H2,1-3H3,(H,14,15)(H,16,17). The number of benzene rings is 1. The van der Waals surface area contributed by atoms with E-state index in [0.717, 1.165) is 16.9 Å². The van der Waals surface area contributed by atoms with Crippen molar-refractivity contribution in [2.24, 2.45) is 0 Å². The van der Waals surface area contributed by atoms with Gasteiger partial charge in [0.15, 0.2) is 0 Å². The smallest absolute Gasteiger partial charge is 0.303 e. The fourth-order valence-corrected chi connectivity index (χ4v) is 1.71. The Morgan fingerprint density at radius 2 is 1.94 bits per heavy atom. The Labute approximate surface area is 106 Å². The van der Waals surface area contributed by atoms with Crippen LogP contribution in [0.15, 0.2) is 12.1 Å². The lowest BCUT2D eigenvalue weighted by molar-refractivity contribution is -0.138. The summed E-state index contributed by atoms with van der Waals surface area (Å²) in [4.78, 5) is 21.9. The second kappa shape index (κ2) is 6.05. The molecule has 5 nitrogen and oxygen atoms in total. The van der Waals surface area contributed by atoms with Crippen molar-refractivity contribution < 1.29 is 19.4 Å². The summed E-state index contributed by atoms with van der Waals surface area (Å²) in [5.41, 5.74) is 2.47. The summed E-state index contributed by atoms with van der Waals surface area (Å²) >= 11 is 0. The number of nitrogens with one attached hydrogen (secondary N) is 1. The number of ether oxygens (including phenoxy) is 1. The van der Waals surface area contributed by atoms with Crippen LogP contribution in [0.1, 0.15) is 24.0 Å². The summed E-state index contributed by atoms with van der Waals surface area (Å²) in [5, 5.41) is 11.2. The van der Waals surface area contributed by atoms with Gasteiger partial charge in [-0.25, -0.2) is 0 Å². The van der Waals surface area contributed by atoms with Gasteiger partial charge in [0.2, 0.25) is 5.91 Å². The molecular formula is C13H17NO4. The molecule has 0 unspecified atom stereocenters. The van der Waals surface area contributed by atoms with Gasteiger partial charge in [0.05, 0.1) is 13.5 Å². The van der Waals surface area contributed by atoms with Crippen LogP contribution in [0.5, 0.6) is 5.75 Å². The van der Waals surface area contributed by atoms with E-state index in [2.05, 4.69) is 5.32 Å². The second-order valence-corrected chi connectivity index (χ2v) is 4.03. The normalized spacial score (nSPS) is 9.94. The maximum atomic E-state index is 11.5. The molecular weight excluding hydrogens is 234 g/mol. The Hall–Kier alpha value is -2.04. The topological polar surface area (TPSA) is 75.6 Å². The van der Waals surface area contributed by atoms with Crippen molar-refractivity contribution in [3.05, 3.63) is 23.3 Å². The molecule has 98 valence electrons. The predicted molar refractivity (Wildman–Crippen MR) is 68.0 cm³/mol. The lowest BCUT2D eigenvalue weighted by Crippen LogP contribution is -2.14. The molecule has 0 spiro atoms. The summed E-state index contributed by atoms with van der Waals surface area (Å²) in [5.74, 6) is -0.569. The molecule has 2 N–H and O–H groups in total. The zero-order valence-electron chi connectivity index (χ0n) is 10.7. The largest absolute Gasteiger partial charge is 0.496 e. The number of hydrogen-bond acceptors (Lipinski definition) is 3. The minimum Gasteiger partial charge on any atom is -0.496 e. The first-order chi connectivity index (χ1) is 8.45. The first-order valence-corrected chi connectivity index (χ1v) is 5.61. The number of rotatable bonds is 5. The maximum absolute atomic E-state index is 11.5. The molecule has 0 atom stereocenters. The molecule has 0 saturated heterocycles. The van der Waals surface area contributed by atoms with Gasteiger partial charge in [-0.15, -0.1) is 0 Å². The van der Waals surface area contributed by atoms with E-state index < -0.39 is 5.97 Å². The summed E-state index contributed by atoms with van der Waals surface area (Å²) < 4.78 is 5.25. The summed E-state index contributed by atoms with van der Waals surface area (Å²) in [6.07, 6.45) is -0.209. The van der Waals surface area contributed by atoms with Crippen LogP contribution in [0.3, 0.4) is 0 Å². The maximum Gasteiger partial charge on any atom is 0.303 e. The highest BCUT2D eigenvalue weighted by Gasteiger charge is 2.11. The van der Waals surface area contributed by atoms with Crippen molar-refractivity contribution in [2.45, 2.75) is 26.7 Å². The highest BCUT2D eigenvalue weighted by atomic mass is 16.5. The van der Waals surface area contributed by atoms with Crippen molar-refractivity contribution in [1.29, 1.82) is 0 Å². The fraction of sp³-hybridized carbons (Fsp3) is 0.385. The SMILES string of the molecule is COc1c(C)ccc(NC(=O)CCC(=O)O)c1C. The third kappa shape index (κ3) is 3.48. The fourth-order valence-electron chi connectivity index (χ4n) is 1.71. The molecule has 1 aromatic rings. The first-order valence-electron chi connectivity index (χ1n) is 5.61. The molecule has 0 aliphatic rings. The van der Waals surface area contributed by atoms with Crippen LogP contribution < -0.4 is 10.1 Å². The third-order valence-corrected chi connectivity index (χ3v) is 2.65. The Bertz CT molecular complexity index is 468. The van der Waals surface area contributed by atoms with Gasteiger partial charge in [-0.2, -0.15) is 0 Å². The average molecular weight is 251 g/mol. The molecule has 0 aromatic heterocycles. The number of carbonyl (C=O) groups excluding carboxylic acids is 1. The van der Waals surface area contributed by atoms with Crippen LogP contribution in [0.2, 0.25) is 0 Å². The zero-order chi connectivity index (χ0) is 13.7. The Morgan fingerprint density at radius 3 is 2.50 bits per heavy atom. The first kappa shape index (κ1) is 14.0. The van der Waals surface area contributed by atoms with E-state index in [1.165, 1.54) is 0 Å². The Balaban J connectivity index is 2.79. The van der Waals surface area contributed by atoms with Gasteiger partial charge in [-0.3, -0.25) is 9.59 Å². The van der Waals surface area contributed by atoms with Crippen molar-refractivity contribution >= 4 is 17.6 Å². The summed E-state index contributed by atoms with van der Waals surface area (Å²) in [6, 6.07) is 3.63. The molecule has 18 heavy (non-hydrogen) atoms. The van der Waals surface area contributed by atoms with E-state index in [-0.39, 0.29) is 18.7 Å². The minimum atomic E-state index is -0.983. The molecule has 0 radical (unpaired) electrons. The van der Waals surface area contributed by atoms with Gasteiger partial charge in [-0.05, 0) is 25.5 Å². The zero-order valence-corrected chi connectivity index (χ0v) is 10.7. The number of anilines is 1. The van der Waals surface area contributed by atoms with Gasteiger partial charge in [0.25, 0.3) is 0 Å². The number of amides is 1. The van der Waals surface area contributed by atoms with Crippen LogP contribution in [-0.2, 0) is 9.59 Å². The van der Waals surface area contributed by atoms with Gasteiger partial charge in [-0.1, -0.05) is 6.07 Å². The number of methoxy groups -OCH3 is 1. The second-order valence-electron chi connectivity index (χ2n) is 4.03. The lowest BCUT2D eigenvalue weighted by Gasteiger charge is -2.13. The van der Waals surface area contributed by atoms with E-state index in [1.54, 1.807) is 13.2 Å². The van der Waals surface area contributed by atoms with Crippen molar-refractivity contribution in [2.75, 3.05) is 12.4 Å². The van der Waals surface area contributed by atoms with Gasteiger partial charge in [0.1, 0.15) is 5.75 Å². The highest BCUT2D eigenvalue weighted by molar-refractivity contribution is 5.93. The third-order valence-electron chi connectivity index (χ3n) is 2.65. The number of carboxylic acids is 1. The molecule has 5 heteroatoms. The van der Waals surface area contributed by atoms with E-state index in [9.17, 15) is 9.59 Å². The van der Waals surface area contributed by atoms with Crippen molar-refractivity contribution in [3.8, 4) is 5.75 Å². The van der Waals surface area contributed by atoms with E-state index >= 15 is 0 Å². The number of aliphatic carboxylic acids is 1. The predicted octanol–water partition coefficient (Wildman–Crippen LogP) is 2.12. The average Bonchev–Trinajstić information content (AvgIpc) is 2.31. The minimum absolute atomic E-state index is 0.0367. The lowest BCUT2D eigenvalue weighted by atomic mass is 10.1. The molecule has 1 amide bonds. The molecule has 0 fully saturated rings. The summed E-state index contributed by atoms with van der Waals surface area (Å²) in [7, 11) is 1.57. The van der Waals surface area contributed by atoms with Gasteiger partial charge >= 0.3 is 5.97 Å². The quantitative estimate of drug-likeness (QED) is 0.840.